The molecule has 37 heavy (non-hydrogen) atoms. The Hall–Kier alpha value is -3.54. The minimum atomic E-state index is -0.496. The van der Waals surface area contributed by atoms with Gasteiger partial charge in [-0.25, -0.2) is 8.78 Å². The van der Waals surface area contributed by atoms with E-state index in [-0.39, 0.29) is 22.9 Å². The van der Waals surface area contributed by atoms with Gasteiger partial charge in [-0.3, -0.25) is 9.59 Å². The summed E-state index contributed by atoms with van der Waals surface area (Å²) in [6.07, 6.45) is 0. The van der Waals surface area contributed by atoms with Gasteiger partial charge in [0.1, 0.15) is 23.8 Å². The normalized spacial score (nSPS) is 14.7. The van der Waals surface area contributed by atoms with E-state index in [9.17, 15) is 18.4 Å². The van der Waals surface area contributed by atoms with E-state index >= 15 is 0 Å². The van der Waals surface area contributed by atoms with Crippen LogP contribution < -0.4 is 10.2 Å². The van der Waals surface area contributed by atoms with Crippen LogP contribution in [0, 0.1) is 34.3 Å². The van der Waals surface area contributed by atoms with E-state index in [2.05, 4.69) is 21.2 Å². The van der Waals surface area contributed by atoms with Gasteiger partial charge in [-0.05, 0) is 36.4 Å². The predicted octanol–water partition coefficient (Wildman–Crippen LogP) is 3.26. The molecule has 0 spiro atoms. The molecule has 2 saturated heterocycles. The Morgan fingerprint density at radius 1 is 0.811 bits per heavy atom. The van der Waals surface area contributed by atoms with Gasteiger partial charge >= 0.3 is 0 Å². The second-order valence-electron chi connectivity index (χ2n) is 8.26. The maximum absolute atomic E-state index is 13.5. The van der Waals surface area contributed by atoms with Gasteiger partial charge in [0.15, 0.2) is 0 Å². The lowest BCUT2D eigenvalue weighted by molar-refractivity contribution is -0.130. The van der Waals surface area contributed by atoms with E-state index in [1.807, 2.05) is 9.80 Å². The van der Waals surface area contributed by atoms with Gasteiger partial charge < -0.3 is 20.0 Å². The van der Waals surface area contributed by atoms with Crippen molar-refractivity contribution in [3.63, 3.8) is 0 Å². The molecular weight excluding hydrogens is 546 g/mol. The predicted molar refractivity (Wildman–Crippen MR) is 140 cm³/mol. The largest absolute Gasteiger partial charge is 0.368 e. The number of nitriles is 2. The number of nitrogens with zero attached hydrogens (tertiary/aromatic N) is 5. The van der Waals surface area contributed by atoms with Gasteiger partial charge in [-0.15, -0.1) is 0 Å². The number of benzene rings is 2. The van der Waals surface area contributed by atoms with Crippen LogP contribution in [0.1, 0.15) is 25.0 Å². The molecule has 1 N–H and O–H groups in total. The molecule has 2 amide bonds. The van der Waals surface area contributed by atoms with Crippen LogP contribution in [0.15, 0.2) is 40.9 Å². The van der Waals surface area contributed by atoms with Crippen molar-refractivity contribution in [3.05, 3.63) is 63.6 Å². The van der Waals surface area contributed by atoms with Crippen molar-refractivity contribution < 1.29 is 18.4 Å². The van der Waals surface area contributed by atoms with Crippen molar-refractivity contribution in [2.75, 3.05) is 57.3 Å². The fourth-order valence-corrected chi connectivity index (χ4v) is 3.96. The van der Waals surface area contributed by atoms with Crippen LogP contribution in [0.3, 0.4) is 0 Å². The number of hydrogen-bond acceptors (Lipinski definition) is 6. The van der Waals surface area contributed by atoms with Crippen LogP contribution >= 0.6 is 15.9 Å². The maximum atomic E-state index is 13.5. The Bertz CT molecular complexity index is 1170. The average Bonchev–Trinajstić information content (AvgIpc) is 2.90. The molecule has 0 radical (unpaired) electrons. The molecule has 2 heterocycles. The van der Waals surface area contributed by atoms with Crippen molar-refractivity contribution in [3.8, 4) is 12.1 Å². The lowest BCUT2D eigenvalue weighted by atomic mass is 10.2. The molecule has 2 aromatic rings. The van der Waals surface area contributed by atoms with Gasteiger partial charge in [0.25, 0.3) is 0 Å². The number of anilines is 1. The molecule has 0 atom stereocenters. The number of carbonyl (C=O) groups is 2. The SMILES string of the molecule is CC(=O)N1CCN(c2ccc(C#N)c(F)c2)CC1.CC(=O)N1CCNCC1.N#Cc1ccc(Br)cc1F. The third-order valence-electron chi connectivity index (χ3n) is 5.78. The molecule has 2 aromatic carbocycles. The molecule has 4 rings (SSSR count). The summed E-state index contributed by atoms with van der Waals surface area (Å²) >= 11 is 3.08. The maximum Gasteiger partial charge on any atom is 0.219 e. The highest BCUT2D eigenvalue weighted by Gasteiger charge is 2.19. The number of amides is 2. The molecule has 8 nitrogen and oxygen atoms in total. The minimum absolute atomic E-state index is 0.0566. The van der Waals surface area contributed by atoms with E-state index < -0.39 is 11.6 Å². The number of piperazine rings is 2. The fourth-order valence-electron chi connectivity index (χ4n) is 3.63. The first-order valence-electron chi connectivity index (χ1n) is 11.7. The molecule has 2 aliphatic heterocycles. The summed E-state index contributed by atoms with van der Waals surface area (Å²) in [5.74, 6) is -0.724. The fraction of sp³-hybridized carbons (Fsp3) is 0.385. The Morgan fingerprint density at radius 2 is 1.30 bits per heavy atom. The van der Waals surface area contributed by atoms with Crippen molar-refractivity contribution in [1.29, 1.82) is 10.5 Å². The average molecular weight is 575 g/mol. The second kappa shape index (κ2) is 14.9. The lowest BCUT2D eigenvalue weighted by Crippen LogP contribution is -2.48. The van der Waals surface area contributed by atoms with E-state index in [1.165, 1.54) is 24.3 Å². The minimum Gasteiger partial charge on any atom is -0.368 e. The highest BCUT2D eigenvalue weighted by atomic mass is 79.9. The number of rotatable bonds is 1. The smallest absolute Gasteiger partial charge is 0.219 e. The molecule has 0 unspecified atom stereocenters. The summed E-state index contributed by atoms with van der Waals surface area (Å²) in [5, 5.41) is 20.1. The molecule has 2 aliphatic rings. The third kappa shape index (κ3) is 9.45. The number of carbonyl (C=O) groups excluding carboxylic acids is 2. The van der Waals surface area contributed by atoms with Crippen molar-refractivity contribution in [2.45, 2.75) is 13.8 Å². The van der Waals surface area contributed by atoms with Crippen molar-refractivity contribution in [2.24, 2.45) is 0 Å². The molecule has 0 bridgehead atoms. The Kier molecular flexibility index (Phi) is 11.9. The Morgan fingerprint density at radius 3 is 1.73 bits per heavy atom. The third-order valence-corrected chi connectivity index (χ3v) is 6.27. The molecule has 0 saturated carbocycles. The zero-order valence-electron chi connectivity index (χ0n) is 20.8. The first-order valence-corrected chi connectivity index (χ1v) is 12.5. The molecular formula is C26H29BrF2N6O2. The van der Waals surface area contributed by atoms with E-state index in [1.54, 1.807) is 43.0 Å². The Balaban J connectivity index is 0.000000214. The summed E-state index contributed by atoms with van der Waals surface area (Å²) in [6, 6.07) is 12.5. The van der Waals surface area contributed by atoms with Crippen molar-refractivity contribution >= 4 is 33.4 Å². The van der Waals surface area contributed by atoms with E-state index in [0.29, 0.717) is 30.7 Å². The second-order valence-corrected chi connectivity index (χ2v) is 9.18. The van der Waals surface area contributed by atoms with Crippen LogP contribution in [0.4, 0.5) is 14.5 Å². The molecule has 0 aliphatic carbocycles. The quantitative estimate of drug-likeness (QED) is 0.560. The monoisotopic (exact) mass is 574 g/mol. The number of halogens is 3. The van der Waals surface area contributed by atoms with E-state index in [4.69, 9.17) is 10.5 Å². The summed E-state index contributed by atoms with van der Waals surface area (Å²) in [6.45, 7) is 9.47. The molecule has 2 fully saturated rings. The van der Waals surface area contributed by atoms with Crippen LogP contribution in [-0.2, 0) is 9.59 Å². The van der Waals surface area contributed by atoms with Gasteiger partial charge in [-0.1, -0.05) is 15.9 Å². The highest BCUT2D eigenvalue weighted by molar-refractivity contribution is 9.10. The first-order chi connectivity index (χ1) is 17.7. The molecule has 0 aromatic heterocycles. The standard InChI is InChI=1S/C13H14FN3O.C7H3BrFN.C6H12N2O/c1-10(18)16-4-6-17(7-5-16)12-3-2-11(9-15)13(14)8-12;8-6-2-1-5(4-10)7(9)3-6;1-6(9)8-4-2-7-3-5-8/h2-3,8H,4-7H2,1H3;1-3H;7H,2-5H2,1H3. The number of hydrogen-bond donors (Lipinski definition) is 1. The topological polar surface area (TPSA) is 103 Å². The zero-order valence-corrected chi connectivity index (χ0v) is 22.4. The van der Waals surface area contributed by atoms with Crippen LogP contribution in [-0.4, -0.2) is 74.0 Å². The van der Waals surface area contributed by atoms with E-state index in [0.717, 1.165) is 31.9 Å². The summed E-state index contributed by atoms with van der Waals surface area (Å²) in [5.41, 5.74) is 0.888. The van der Waals surface area contributed by atoms with Crippen LogP contribution in [0.5, 0.6) is 0 Å². The Labute approximate surface area is 224 Å². The molecule has 196 valence electrons. The summed E-state index contributed by atoms with van der Waals surface area (Å²) in [7, 11) is 0. The first kappa shape index (κ1) is 29.7. The van der Waals surface area contributed by atoms with Gasteiger partial charge in [0.2, 0.25) is 11.8 Å². The van der Waals surface area contributed by atoms with Crippen LogP contribution in [0.25, 0.3) is 0 Å². The summed E-state index contributed by atoms with van der Waals surface area (Å²) in [4.78, 5) is 27.5. The van der Waals surface area contributed by atoms with Crippen molar-refractivity contribution in [1.82, 2.24) is 15.1 Å². The molecule has 11 heteroatoms. The lowest BCUT2D eigenvalue weighted by Gasteiger charge is -2.35. The zero-order chi connectivity index (χ0) is 27.4. The highest BCUT2D eigenvalue weighted by Crippen LogP contribution is 2.20. The summed E-state index contributed by atoms with van der Waals surface area (Å²) < 4.78 is 26.7. The number of nitrogens with one attached hydrogen (secondary N) is 1. The van der Waals surface area contributed by atoms with Gasteiger partial charge in [0, 0.05) is 76.4 Å². The van der Waals surface area contributed by atoms with Gasteiger partial charge in [-0.2, -0.15) is 10.5 Å². The van der Waals surface area contributed by atoms with Crippen LogP contribution in [0.2, 0.25) is 0 Å². The van der Waals surface area contributed by atoms with Gasteiger partial charge in [0.05, 0.1) is 11.1 Å².